The van der Waals surface area contributed by atoms with Crippen molar-refractivity contribution in [2.75, 3.05) is 32.7 Å². The number of benzene rings is 1. The van der Waals surface area contributed by atoms with Crippen LogP contribution in [0.2, 0.25) is 0 Å². The third kappa shape index (κ3) is 4.05. The van der Waals surface area contributed by atoms with E-state index in [4.69, 9.17) is 0 Å². The lowest BCUT2D eigenvalue weighted by molar-refractivity contribution is 0.0523. The Morgan fingerprint density at radius 2 is 2.00 bits per heavy atom. The Labute approximate surface area is 146 Å². The maximum absolute atomic E-state index is 13.8. The number of carbonyl (C=O) groups is 1. The predicted octanol–water partition coefficient (Wildman–Crippen LogP) is 1.54. The summed E-state index contributed by atoms with van der Waals surface area (Å²) >= 11 is 0. The van der Waals surface area contributed by atoms with Gasteiger partial charge >= 0.3 is 0 Å². The van der Waals surface area contributed by atoms with Crippen LogP contribution < -0.4 is 0 Å². The van der Waals surface area contributed by atoms with Crippen LogP contribution in [-0.4, -0.2) is 69.4 Å². The molecule has 0 radical (unpaired) electrons. The molecule has 0 aliphatic carbocycles. The fourth-order valence-corrected chi connectivity index (χ4v) is 2.95. The molecule has 1 aliphatic rings. The summed E-state index contributed by atoms with van der Waals surface area (Å²) < 4.78 is 15.2. The Bertz CT molecular complexity index is 725. The van der Waals surface area contributed by atoms with Crippen molar-refractivity contribution in [1.29, 1.82) is 0 Å². The molecule has 1 saturated heterocycles. The van der Waals surface area contributed by atoms with Gasteiger partial charge in [0.1, 0.15) is 11.5 Å². The number of carbonyl (C=O) groups excluding carboxylic acids is 1. The van der Waals surface area contributed by atoms with Gasteiger partial charge in [0.25, 0.3) is 5.91 Å². The lowest BCUT2D eigenvalue weighted by atomic mass is 10.2. The Morgan fingerprint density at radius 3 is 2.68 bits per heavy atom. The van der Waals surface area contributed by atoms with Crippen molar-refractivity contribution in [2.24, 2.45) is 0 Å². The van der Waals surface area contributed by atoms with E-state index in [1.165, 1.54) is 16.9 Å². The molecule has 6 nitrogen and oxygen atoms in total. The second-order valence-electron chi connectivity index (χ2n) is 6.28. The van der Waals surface area contributed by atoms with Gasteiger partial charge < -0.3 is 10.0 Å². The number of piperazine rings is 1. The smallest absolute Gasteiger partial charge is 0.257 e. The zero-order chi connectivity index (χ0) is 17.8. The molecule has 134 valence electrons. The fraction of sp³-hybridized carbons (Fsp3) is 0.444. The van der Waals surface area contributed by atoms with Gasteiger partial charge in [0.2, 0.25) is 0 Å². The topological polar surface area (TPSA) is 61.6 Å². The van der Waals surface area contributed by atoms with Crippen LogP contribution in [0.15, 0.2) is 36.7 Å². The largest absolute Gasteiger partial charge is 0.392 e. The SMILES string of the molecule is CC[C@@H](O)CN1CCN(C(=O)c2cnn(-c3ccccc3F)c2)CC1. The molecule has 2 aromatic rings. The van der Waals surface area contributed by atoms with Crippen LogP contribution in [0.1, 0.15) is 23.7 Å². The predicted molar refractivity (Wildman–Crippen MR) is 92.2 cm³/mol. The number of hydrogen-bond acceptors (Lipinski definition) is 4. The Kier molecular flexibility index (Phi) is 5.45. The maximum Gasteiger partial charge on any atom is 0.257 e. The first-order chi connectivity index (χ1) is 12.1. The molecule has 0 bridgehead atoms. The van der Waals surface area contributed by atoms with Crippen molar-refractivity contribution < 1.29 is 14.3 Å². The molecule has 7 heteroatoms. The van der Waals surface area contributed by atoms with E-state index in [9.17, 15) is 14.3 Å². The normalized spacial score (nSPS) is 16.8. The zero-order valence-corrected chi connectivity index (χ0v) is 14.3. The highest BCUT2D eigenvalue weighted by atomic mass is 19.1. The number of para-hydroxylation sites is 1. The number of β-amino-alcohol motifs (C(OH)–C–C–N with tert-alkyl or cyclic N) is 1. The van der Waals surface area contributed by atoms with Gasteiger partial charge in [0.05, 0.1) is 17.9 Å². The Hall–Kier alpha value is -2.25. The first-order valence-corrected chi connectivity index (χ1v) is 8.57. The van der Waals surface area contributed by atoms with E-state index in [2.05, 4.69) is 10.00 Å². The minimum Gasteiger partial charge on any atom is -0.392 e. The lowest BCUT2D eigenvalue weighted by Crippen LogP contribution is -2.50. The molecule has 2 heterocycles. The number of hydrogen-bond donors (Lipinski definition) is 1. The summed E-state index contributed by atoms with van der Waals surface area (Å²) in [7, 11) is 0. The number of amides is 1. The van der Waals surface area contributed by atoms with Gasteiger partial charge in [-0.15, -0.1) is 0 Å². The van der Waals surface area contributed by atoms with Crippen LogP contribution in [0.4, 0.5) is 4.39 Å². The van der Waals surface area contributed by atoms with E-state index >= 15 is 0 Å². The molecule has 1 atom stereocenters. The summed E-state index contributed by atoms with van der Waals surface area (Å²) in [6.07, 6.45) is 3.45. The van der Waals surface area contributed by atoms with Crippen LogP contribution >= 0.6 is 0 Å². The number of rotatable bonds is 5. The molecule has 25 heavy (non-hydrogen) atoms. The molecule has 0 unspecified atom stereocenters. The molecule has 1 amide bonds. The van der Waals surface area contributed by atoms with E-state index in [0.717, 1.165) is 19.5 Å². The lowest BCUT2D eigenvalue weighted by Gasteiger charge is -2.35. The molecule has 1 aliphatic heterocycles. The van der Waals surface area contributed by atoms with E-state index in [0.29, 0.717) is 30.9 Å². The minimum atomic E-state index is -0.382. The molecule has 1 fully saturated rings. The number of aliphatic hydroxyl groups is 1. The molecule has 3 rings (SSSR count). The van der Waals surface area contributed by atoms with Gasteiger partial charge in [-0.1, -0.05) is 19.1 Å². The Morgan fingerprint density at radius 1 is 1.28 bits per heavy atom. The molecule has 1 N–H and O–H groups in total. The van der Waals surface area contributed by atoms with Crippen molar-refractivity contribution in [2.45, 2.75) is 19.4 Å². The standard InChI is InChI=1S/C18H23FN4O2/c1-2-15(24)13-21-7-9-22(10-8-21)18(25)14-11-20-23(12-14)17-6-4-3-5-16(17)19/h3-6,11-12,15,24H,2,7-10,13H2,1H3/t15-/m1/s1. The van der Waals surface area contributed by atoms with E-state index in [1.807, 2.05) is 6.92 Å². The zero-order valence-electron chi connectivity index (χ0n) is 14.3. The summed E-state index contributed by atoms with van der Waals surface area (Å²) in [5, 5.41) is 13.8. The molecule has 1 aromatic heterocycles. The Balaban J connectivity index is 1.62. The van der Waals surface area contributed by atoms with E-state index in [-0.39, 0.29) is 17.8 Å². The van der Waals surface area contributed by atoms with Crippen LogP contribution in [0.3, 0.4) is 0 Å². The summed E-state index contributed by atoms with van der Waals surface area (Å²) in [4.78, 5) is 16.6. The quantitative estimate of drug-likeness (QED) is 0.892. The van der Waals surface area contributed by atoms with Crippen molar-refractivity contribution in [3.05, 3.63) is 48.0 Å². The molecule has 1 aromatic carbocycles. The number of aliphatic hydroxyl groups excluding tert-OH is 1. The van der Waals surface area contributed by atoms with Crippen molar-refractivity contribution in [3.8, 4) is 5.69 Å². The van der Waals surface area contributed by atoms with E-state index < -0.39 is 0 Å². The highest BCUT2D eigenvalue weighted by molar-refractivity contribution is 5.93. The van der Waals surface area contributed by atoms with Crippen molar-refractivity contribution in [1.82, 2.24) is 19.6 Å². The number of halogens is 1. The summed E-state index contributed by atoms with van der Waals surface area (Å²) in [5.74, 6) is -0.481. The van der Waals surface area contributed by atoms with Crippen molar-refractivity contribution in [3.63, 3.8) is 0 Å². The monoisotopic (exact) mass is 346 g/mol. The third-order valence-corrected chi connectivity index (χ3v) is 4.53. The van der Waals surface area contributed by atoms with Gasteiger partial charge in [0, 0.05) is 38.9 Å². The third-order valence-electron chi connectivity index (χ3n) is 4.53. The van der Waals surface area contributed by atoms with Crippen LogP contribution in [0.5, 0.6) is 0 Å². The van der Waals surface area contributed by atoms with Gasteiger partial charge in [-0.05, 0) is 18.6 Å². The molecular weight excluding hydrogens is 323 g/mol. The van der Waals surface area contributed by atoms with Crippen LogP contribution in [0.25, 0.3) is 5.69 Å². The number of nitrogens with zero attached hydrogens (tertiary/aromatic N) is 4. The molecule has 0 saturated carbocycles. The molecular formula is C18H23FN4O2. The first-order valence-electron chi connectivity index (χ1n) is 8.57. The summed E-state index contributed by atoms with van der Waals surface area (Å²) in [6, 6.07) is 6.33. The van der Waals surface area contributed by atoms with Gasteiger partial charge in [-0.25, -0.2) is 9.07 Å². The van der Waals surface area contributed by atoms with Crippen molar-refractivity contribution >= 4 is 5.91 Å². The average molecular weight is 346 g/mol. The second kappa shape index (κ2) is 7.76. The summed E-state index contributed by atoms with van der Waals surface area (Å²) in [6.45, 7) is 5.30. The summed E-state index contributed by atoms with van der Waals surface area (Å²) in [5.41, 5.74) is 0.769. The average Bonchev–Trinajstić information content (AvgIpc) is 3.12. The highest BCUT2D eigenvalue weighted by Gasteiger charge is 2.24. The molecule has 0 spiro atoms. The first kappa shape index (κ1) is 17.6. The van der Waals surface area contributed by atoms with Gasteiger partial charge in [-0.2, -0.15) is 5.10 Å². The fourth-order valence-electron chi connectivity index (χ4n) is 2.95. The maximum atomic E-state index is 13.8. The number of aromatic nitrogens is 2. The van der Waals surface area contributed by atoms with Crippen LogP contribution in [-0.2, 0) is 0 Å². The van der Waals surface area contributed by atoms with Gasteiger partial charge in [-0.3, -0.25) is 9.69 Å². The van der Waals surface area contributed by atoms with Crippen LogP contribution in [0, 0.1) is 5.82 Å². The van der Waals surface area contributed by atoms with E-state index in [1.54, 1.807) is 29.3 Å². The van der Waals surface area contributed by atoms with Gasteiger partial charge in [0.15, 0.2) is 0 Å². The minimum absolute atomic E-state index is 0.0988. The second-order valence-corrected chi connectivity index (χ2v) is 6.28. The highest BCUT2D eigenvalue weighted by Crippen LogP contribution is 2.14.